The number of primary amides is 1. The molecule has 2 rings (SSSR count). The molecule has 1 unspecified atom stereocenters. The van der Waals surface area contributed by atoms with E-state index in [2.05, 4.69) is 0 Å². The molecule has 2 N–H and O–H groups in total. The van der Waals surface area contributed by atoms with Crippen LogP contribution in [0.15, 0.2) is 18.2 Å². The summed E-state index contributed by atoms with van der Waals surface area (Å²) in [6.07, 6.45) is 4.77. The number of nitrogens with two attached hydrogens (primary N) is 1. The molecule has 1 aromatic carbocycles. The van der Waals surface area contributed by atoms with Crippen molar-refractivity contribution in [2.75, 3.05) is 12.8 Å². The third-order valence-electron chi connectivity index (χ3n) is 3.92. The molecule has 0 bridgehead atoms. The summed E-state index contributed by atoms with van der Waals surface area (Å²) < 4.78 is 13.7. The van der Waals surface area contributed by atoms with E-state index in [1.54, 1.807) is 11.0 Å². The van der Waals surface area contributed by atoms with Crippen LogP contribution in [0.25, 0.3) is 0 Å². The fourth-order valence-corrected chi connectivity index (χ4v) is 3.38. The third-order valence-corrected chi connectivity index (χ3v) is 4.52. The average Bonchev–Trinajstić information content (AvgIpc) is 2.49. The number of amides is 2. The first-order valence-electron chi connectivity index (χ1n) is 7.39. The zero-order chi connectivity index (χ0) is 16.1. The predicted octanol–water partition coefficient (Wildman–Crippen LogP) is 2.56. The second-order valence-electron chi connectivity index (χ2n) is 5.56. The molecule has 1 atom stereocenters. The SMILES string of the molecule is CSCc1cc(C(=O)N2CCCCC2CC(N)=O)ccc1F. The number of piperidine rings is 1. The van der Waals surface area contributed by atoms with E-state index in [-0.39, 0.29) is 24.2 Å². The molecule has 0 saturated carbocycles. The van der Waals surface area contributed by atoms with E-state index in [4.69, 9.17) is 5.73 Å². The van der Waals surface area contributed by atoms with E-state index >= 15 is 0 Å². The van der Waals surface area contributed by atoms with Gasteiger partial charge in [-0.05, 0) is 49.3 Å². The molecule has 1 fully saturated rings. The largest absolute Gasteiger partial charge is 0.370 e. The number of hydrogen-bond donors (Lipinski definition) is 1. The number of halogens is 1. The number of likely N-dealkylation sites (tertiary alicyclic amines) is 1. The van der Waals surface area contributed by atoms with E-state index in [1.165, 1.54) is 23.9 Å². The van der Waals surface area contributed by atoms with Crippen molar-refractivity contribution in [2.24, 2.45) is 5.73 Å². The number of nitrogens with zero attached hydrogens (tertiary/aromatic N) is 1. The molecule has 0 radical (unpaired) electrons. The van der Waals surface area contributed by atoms with Crippen molar-refractivity contribution >= 4 is 23.6 Å². The average molecular weight is 324 g/mol. The Bertz CT molecular complexity index is 565. The van der Waals surface area contributed by atoms with Gasteiger partial charge in [0.2, 0.25) is 5.91 Å². The molecule has 2 amide bonds. The lowest BCUT2D eigenvalue weighted by Crippen LogP contribution is -2.45. The monoisotopic (exact) mass is 324 g/mol. The summed E-state index contributed by atoms with van der Waals surface area (Å²) in [6, 6.07) is 4.32. The molecule has 22 heavy (non-hydrogen) atoms. The van der Waals surface area contributed by atoms with Crippen LogP contribution in [0.4, 0.5) is 4.39 Å². The first-order valence-corrected chi connectivity index (χ1v) is 8.79. The van der Waals surface area contributed by atoms with Gasteiger partial charge < -0.3 is 10.6 Å². The summed E-state index contributed by atoms with van der Waals surface area (Å²) in [7, 11) is 0. The highest BCUT2D eigenvalue weighted by atomic mass is 32.2. The Morgan fingerprint density at radius 3 is 2.86 bits per heavy atom. The van der Waals surface area contributed by atoms with Crippen molar-refractivity contribution in [3.63, 3.8) is 0 Å². The van der Waals surface area contributed by atoms with Gasteiger partial charge in [0.15, 0.2) is 0 Å². The maximum Gasteiger partial charge on any atom is 0.254 e. The Hall–Kier alpha value is -1.56. The van der Waals surface area contributed by atoms with Gasteiger partial charge in [0, 0.05) is 30.3 Å². The van der Waals surface area contributed by atoms with Gasteiger partial charge in [-0.3, -0.25) is 9.59 Å². The highest BCUT2D eigenvalue weighted by molar-refractivity contribution is 7.97. The zero-order valence-corrected chi connectivity index (χ0v) is 13.5. The Kier molecular flexibility index (Phi) is 5.83. The lowest BCUT2D eigenvalue weighted by Gasteiger charge is -2.35. The lowest BCUT2D eigenvalue weighted by atomic mass is 9.97. The van der Waals surface area contributed by atoms with Gasteiger partial charge in [-0.1, -0.05) is 0 Å². The van der Waals surface area contributed by atoms with Gasteiger partial charge in [-0.25, -0.2) is 4.39 Å². The van der Waals surface area contributed by atoms with E-state index in [1.807, 2.05) is 6.26 Å². The van der Waals surface area contributed by atoms with E-state index in [0.717, 1.165) is 19.3 Å². The number of thioether (sulfide) groups is 1. The maximum absolute atomic E-state index is 13.7. The first kappa shape index (κ1) is 16.8. The number of carbonyl (C=O) groups excluding carboxylic acids is 2. The van der Waals surface area contributed by atoms with Crippen LogP contribution in [0.5, 0.6) is 0 Å². The minimum atomic E-state index is -0.396. The van der Waals surface area contributed by atoms with Crippen LogP contribution in [-0.4, -0.2) is 35.6 Å². The number of carbonyl (C=O) groups is 2. The van der Waals surface area contributed by atoms with Crippen LogP contribution in [0, 0.1) is 5.82 Å². The Labute approximate surface area is 134 Å². The summed E-state index contributed by atoms with van der Waals surface area (Å²) in [5.74, 6) is -0.309. The molecular weight excluding hydrogens is 303 g/mol. The van der Waals surface area contributed by atoms with Gasteiger partial charge in [-0.15, -0.1) is 0 Å². The van der Waals surface area contributed by atoms with Gasteiger partial charge in [0.1, 0.15) is 5.82 Å². The number of benzene rings is 1. The highest BCUT2D eigenvalue weighted by Gasteiger charge is 2.28. The van der Waals surface area contributed by atoms with Crippen LogP contribution in [-0.2, 0) is 10.5 Å². The van der Waals surface area contributed by atoms with Crippen LogP contribution < -0.4 is 5.73 Å². The summed E-state index contributed by atoms with van der Waals surface area (Å²) in [6.45, 7) is 0.617. The fourth-order valence-electron chi connectivity index (χ4n) is 2.85. The quantitative estimate of drug-likeness (QED) is 0.905. The molecule has 1 aromatic rings. The Morgan fingerprint density at radius 1 is 1.41 bits per heavy atom. The van der Waals surface area contributed by atoms with Gasteiger partial charge in [0.25, 0.3) is 5.91 Å². The van der Waals surface area contributed by atoms with Crippen molar-refractivity contribution in [1.29, 1.82) is 0 Å². The topological polar surface area (TPSA) is 63.4 Å². The van der Waals surface area contributed by atoms with Crippen molar-refractivity contribution < 1.29 is 14.0 Å². The molecule has 120 valence electrons. The molecule has 6 heteroatoms. The van der Waals surface area contributed by atoms with Gasteiger partial charge in [-0.2, -0.15) is 11.8 Å². The zero-order valence-electron chi connectivity index (χ0n) is 12.7. The standard InChI is InChI=1S/C16H21FN2O2S/c1-22-10-12-8-11(5-6-14(12)17)16(21)19-7-3-2-4-13(19)9-15(18)20/h5-6,8,13H,2-4,7,9-10H2,1H3,(H2,18,20). The number of hydrogen-bond acceptors (Lipinski definition) is 3. The van der Waals surface area contributed by atoms with Crippen LogP contribution in [0.3, 0.4) is 0 Å². The predicted molar refractivity (Wildman–Crippen MR) is 86.1 cm³/mol. The van der Waals surface area contributed by atoms with Crippen LogP contribution >= 0.6 is 11.8 Å². The summed E-state index contributed by atoms with van der Waals surface area (Å²) in [4.78, 5) is 25.6. The van der Waals surface area contributed by atoms with E-state index < -0.39 is 5.91 Å². The minimum Gasteiger partial charge on any atom is -0.370 e. The molecule has 4 nitrogen and oxygen atoms in total. The van der Waals surface area contributed by atoms with Crippen molar-refractivity contribution in [3.8, 4) is 0 Å². The lowest BCUT2D eigenvalue weighted by molar-refractivity contribution is -0.119. The smallest absolute Gasteiger partial charge is 0.254 e. The van der Waals surface area contributed by atoms with Crippen molar-refractivity contribution in [1.82, 2.24) is 4.90 Å². The van der Waals surface area contributed by atoms with Crippen LogP contribution in [0.2, 0.25) is 0 Å². The third kappa shape index (κ3) is 4.00. The van der Waals surface area contributed by atoms with Crippen molar-refractivity contribution in [2.45, 2.75) is 37.5 Å². The fraction of sp³-hybridized carbons (Fsp3) is 0.500. The molecule has 0 aliphatic carbocycles. The second kappa shape index (κ2) is 7.63. The molecule has 0 aromatic heterocycles. The molecule has 1 heterocycles. The normalized spacial score (nSPS) is 18.3. The molecular formula is C16H21FN2O2S. The Balaban J connectivity index is 2.21. The minimum absolute atomic E-state index is 0.145. The Morgan fingerprint density at radius 2 is 2.18 bits per heavy atom. The van der Waals surface area contributed by atoms with Crippen LogP contribution in [0.1, 0.15) is 41.6 Å². The maximum atomic E-state index is 13.7. The molecule has 1 aliphatic heterocycles. The summed E-state index contributed by atoms with van der Waals surface area (Å²) in [5.41, 5.74) is 6.28. The second-order valence-corrected chi connectivity index (χ2v) is 6.42. The molecule has 1 aliphatic rings. The van der Waals surface area contributed by atoms with E-state index in [9.17, 15) is 14.0 Å². The van der Waals surface area contributed by atoms with E-state index in [0.29, 0.717) is 23.4 Å². The van der Waals surface area contributed by atoms with Gasteiger partial charge in [0.05, 0.1) is 0 Å². The number of rotatable bonds is 5. The summed E-state index contributed by atoms with van der Waals surface area (Å²) in [5, 5.41) is 0. The van der Waals surface area contributed by atoms with Crippen molar-refractivity contribution in [3.05, 3.63) is 35.1 Å². The first-order chi connectivity index (χ1) is 10.5. The molecule has 1 saturated heterocycles. The highest BCUT2D eigenvalue weighted by Crippen LogP contribution is 2.23. The summed E-state index contributed by atoms with van der Waals surface area (Å²) >= 11 is 1.51. The molecule has 0 spiro atoms. The van der Waals surface area contributed by atoms with Gasteiger partial charge >= 0.3 is 0 Å².